The number of aliphatic hydroxyl groups is 1. The molecule has 33 heavy (non-hydrogen) atoms. The standard InChI is InChI=1S/C28H28N2O3/c1-19-15-24(17-30-28(3,18-31)27(32)33)20(2)14-23(19)13-12-22-10-7-11-25(26(22)16-29)21-8-5-4-6-9-21/h4-15,30-31H,17-18H2,1-3H3,(H,32,33)/b13-12+/t28-/m0/s1. The number of aliphatic hydroxyl groups excluding tert-OH is 1. The fourth-order valence-electron chi connectivity index (χ4n) is 3.63. The van der Waals surface area contributed by atoms with Crippen molar-refractivity contribution in [1.82, 2.24) is 5.32 Å². The Morgan fingerprint density at radius 3 is 2.36 bits per heavy atom. The van der Waals surface area contributed by atoms with Gasteiger partial charge in [-0.25, -0.2) is 0 Å². The smallest absolute Gasteiger partial charge is 0.326 e. The Balaban J connectivity index is 1.88. The van der Waals surface area contributed by atoms with Crippen molar-refractivity contribution in [1.29, 1.82) is 5.26 Å². The maximum Gasteiger partial charge on any atom is 0.326 e. The van der Waals surface area contributed by atoms with Crippen LogP contribution >= 0.6 is 0 Å². The lowest BCUT2D eigenvalue weighted by atomic mass is 9.94. The van der Waals surface area contributed by atoms with E-state index < -0.39 is 18.1 Å². The summed E-state index contributed by atoms with van der Waals surface area (Å²) < 4.78 is 0. The Kier molecular flexibility index (Phi) is 7.44. The van der Waals surface area contributed by atoms with Crippen molar-refractivity contribution < 1.29 is 15.0 Å². The van der Waals surface area contributed by atoms with E-state index in [0.29, 0.717) is 12.1 Å². The van der Waals surface area contributed by atoms with Gasteiger partial charge in [0.1, 0.15) is 11.6 Å². The first-order chi connectivity index (χ1) is 15.8. The zero-order chi connectivity index (χ0) is 24.0. The van der Waals surface area contributed by atoms with E-state index in [1.54, 1.807) is 0 Å². The molecule has 3 aromatic rings. The Morgan fingerprint density at radius 1 is 1.03 bits per heavy atom. The van der Waals surface area contributed by atoms with Gasteiger partial charge in [-0.1, -0.05) is 72.8 Å². The van der Waals surface area contributed by atoms with E-state index in [9.17, 15) is 20.3 Å². The predicted molar refractivity (Wildman–Crippen MR) is 131 cm³/mol. The predicted octanol–water partition coefficient (Wildman–Crippen LogP) is 4.94. The zero-order valence-electron chi connectivity index (χ0n) is 19.1. The molecule has 5 nitrogen and oxygen atoms in total. The Labute approximate surface area is 194 Å². The van der Waals surface area contributed by atoms with E-state index in [-0.39, 0.29) is 0 Å². The van der Waals surface area contributed by atoms with Crippen molar-refractivity contribution in [3.63, 3.8) is 0 Å². The lowest BCUT2D eigenvalue weighted by Crippen LogP contribution is -2.52. The minimum atomic E-state index is -1.39. The van der Waals surface area contributed by atoms with Gasteiger partial charge in [-0.2, -0.15) is 5.26 Å². The number of carbonyl (C=O) groups is 1. The summed E-state index contributed by atoms with van der Waals surface area (Å²) >= 11 is 0. The Morgan fingerprint density at radius 2 is 1.73 bits per heavy atom. The van der Waals surface area contributed by atoms with Crippen LogP contribution in [0.3, 0.4) is 0 Å². The highest BCUT2D eigenvalue weighted by Crippen LogP contribution is 2.27. The second-order valence-electron chi connectivity index (χ2n) is 8.37. The number of nitrogens with one attached hydrogen (secondary N) is 1. The second kappa shape index (κ2) is 10.3. The monoisotopic (exact) mass is 440 g/mol. The number of hydrogen-bond donors (Lipinski definition) is 3. The van der Waals surface area contributed by atoms with Gasteiger partial charge in [0.05, 0.1) is 12.2 Å². The first-order valence-corrected chi connectivity index (χ1v) is 10.7. The first kappa shape index (κ1) is 23.9. The minimum absolute atomic E-state index is 0.331. The largest absolute Gasteiger partial charge is 0.480 e. The highest BCUT2D eigenvalue weighted by Gasteiger charge is 2.31. The number of benzene rings is 3. The number of aliphatic carboxylic acids is 1. The highest BCUT2D eigenvalue weighted by molar-refractivity contribution is 5.81. The molecule has 0 heterocycles. The number of rotatable bonds is 8. The summed E-state index contributed by atoms with van der Waals surface area (Å²) in [6.07, 6.45) is 3.96. The van der Waals surface area contributed by atoms with E-state index in [0.717, 1.165) is 38.9 Å². The van der Waals surface area contributed by atoms with Crippen LogP contribution in [0.25, 0.3) is 23.3 Å². The summed E-state index contributed by atoms with van der Waals surface area (Å²) in [5.41, 5.74) is 6.03. The number of carboxylic acid groups (broad SMARTS) is 1. The summed E-state index contributed by atoms with van der Waals surface area (Å²) in [7, 11) is 0. The third-order valence-corrected chi connectivity index (χ3v) is 5.92. The molecule has 3 rings (SSSR count). The van der Waals surface area contributed by atoms with Gasteiger partial charge in [0.25, 0.3) is 0 Å². The Hall–Kier alpha value is -3.72. The summed E-state index contributed by atoms with van der Waals surface area (Å²) in [4.78, 5) is 11.4. The molecule has 0 fully saturated rings. The summed E-state index contributed by atoms with van der Waals surface area (Å²) in [5.74, 6) is -1.09. The van der Waals surface area contributed by atoms with Gasteiger partial charge in [0, 0.05) is 12.1 Å². The molecular weight excluding hydrogens is 412 g/mol. The second-order valence-corrected chi connectivity index (χ2v) is 8.37. The molecule has 0 radical (unpaired) electrons. The molecule has 0 bridgehead atoms. The average molecular weight is 441 g/mol. The fraction of sp³-hybridized carbons (Fsp3) is 0.214. The number of hydrogen-bond acceptors (Lipinski definition) is 4. The van der Waals surface area contributed by atoms with Crippen LogP contribution in [0.4, 0.5) is 0 Å². The van der Waals surface area contributed by atoms with Crippen LogP contribution in [-0.2, 0) is 11.3 Å². The van der Waals surface area contributed by atoms with Crippen LogP contribution in [0.1, 0.15) is 40.3 Å². The van der Waals surface area contributed by atoms with Crippen molar-refractivity contribution in [3.8, 4) is 17.2 Å². The lowest BCUT2D eigenvalue weighted by Gasteiger charge is -2.24. The SMILES string of the molecule is Cc1cc(CN[C@@](C)(CO)C(=O)O)c(C)cc1/C=C/c1cccc(-c2ccccc2)c1C#N. The summed E-state index contributed by atoms with van der Waals surface area (Å²) in [5, 5.41) is 31.5. The molecule has 3 N–H and O–H groups in total. The van der Waals surface area contributed by atoms with Crippen molar-refractivity contribution in [3.05, 3.63) is 94.0 Å². The van der Waals surface area contributed by atoms with E-state index >= 15 is 0 Å². The summed E-state index contributed by atoms with van der Waals surface area (Å²) in [6.45, 7) is 5.27. The molecule has 168 valence electrons. The van der Waals surface area contributed by atoms with E-state index in [1.165, 1.54) is 6.92 Å². The van der Waals surface area contributed by atoms with Gasteiger partial charge in [-0.15, -0.1) is 0 Å². The van der Waals surface area contributed by atoms with Crippen molar-refractivity contribution in [2.45, 2.75) is 32.9 Å². The van der Waals surface area contributed by atoms with E-state index in [2.05, 4.69) is 11.4 Å². The maximum absolute atomic E-state index is 11.4. The van der Waals surface area contributed by atoms with Crippen molar-refractivity contribution in [2.24, 2.45) is 0 Å². The molecule has 3 aromatic carbocycles. The molecule has 5 heteroatoms. The number of nitriles is 1. The lowest BCUT2D eigenvalue weighted by molar-refractivity contribution is -0.145. The van der Waals surface area contributed by atoms with Crippen LogP contribution in [0, 0.1) is 25.2 Å². The summed E-state index contributed by atoms with van der Waals surface area (Å²) in [6, 6.07) is 22.1. The quantitative estimate of drug-likeness (QED) is 0.432. The number of carboxylic acids is 1. The van der Waals surface area contributed by atoms with Crippen LogP contribution < -0.4 is 5.32 Å². The van der Waals surface area contributed by atoms with Gasteiger partial charge in [-0.3, -0.25) is 10.1 Å². The molecule has 0 saturated heterocycles. The van der Waals surface area contributed by atoms with Crippen molar-refractivity contribution in [2.75, 3.05) is 6.61 Å². The molecule has 0 aliphatic heterocycles. The van der Waals surface area contributed by atoms with Gasteiger partial charge >= 0.3 is 5.97 Å². The number of aryl methyl sites for hydroxylation is 2. The maximum atomic E-state index is 11.4. The van der Waals surface area contributed by atoms with Crippen LogP contribution in [0.5, 0.6) is 0 Å². The van der Waals surface area contributed by atoms with Crippen LogP contribution in [0.2, 0.25) is 0 Å². The topological polar surface area (TPSA) is 93.3 Å². The minimum Gasteiger partial charge on any atom is -0.480 e. The Bertz CT molecular complexity index is 1230. The van der Waals surface area contributed by atoms with Crippen LogP contribution in [-0.4, -0.2) is 28.3 Å². The molecule has 0 spiro atoms. The highest BCUT2D eigenvalue weighted by atomic mass is 16.4. The fourth-order valence-corrected chi connectivity index (χ4v) is 3.63. The third-order valence-electron chi connectivity index (χ3n) is 5.92. The average Bonchev–Trinajstić information content (AvgIpc) is 2.83. The molecule has 1 atom stereocenters. The van der Waals surface area contributed by atoms with E-state index in [4.69, 9.17) is 0 Å². The molecule has 0 aliphatic rings. The van der Waals surface area contributed by atoms with E-state index in [1.807, 2.05) is 86.7 Å². The zero-order valence-corrected chi connectivity index (χ0v) is 19.1. The number of nitrogens with zero attached hydrogens (tertiary/aromatic N) is 1. The molecule has 0 amide bonds. The van der Waals surface area contributed by atoms with Gasteiger partial charge in [-0.05, 0) is 54.2 Å². The molecular formula is C28H28N2O3. The normalized spacial score (nSPS) is 12.9. The molecule has 0 unspecified atom stereocenters. The third kappa shape index (κ3) is 5.38. The molecule has 0 aromatic heterocycles. The van der Waals surface area contributed by atoms with Gasteiger partial charge in [0.15, 0.2) is 0 Å². The van der Waals surface area contributed by atoms with Gasteiger partial charge < -0.3 is 10.2 Å². The molecule has 0 saturated carbocycles. The first-order valence-electron chi connectivity index (χ1n) is 10.7. The van der Waals surface area contributed by atoms with Gasteiger partial charge in [0.2, 0.25) is 0 Å². The van der Waals surface area contributed by atoms with Crippen molar-refractivity contribution >= 4 is 18.1 Å². The molecule has 0 aliphatic carbocycles. The van der Waals surface area contributed by atoms with Crippen LogP contribution in [0.15, 0.2) is 60.7 Å².